The van der Waals surface area contributed by atoms with Gasteiger partial charge in [-0.05, 0) is 35.9 Å². The second kappa shape index (κ2) is 9.13. The molecule has 4 rings (SSSR count). The number of hydrogen-bond donors (Lipinski definition) is 1. The van der Waals surface area contributed by atoms with Gasteiger partial charge in [-0.3, -0.25) is 9.69 Å². The molecule has 1 aliphatic rings. The van der Waals surface area contributed by atoms with Gasteiger partial charge in [-0.25, -0.2) is 4.98 Å². The first kappa shape index (κ1) is 20.2. The second-order valence-corrected chi connectivity index (χ2v) is 7.95. The zero-order valence-corrected chi connectivity index (χ0v) is 17.4. The Hall–Kier alpha value is -2.12. The van der Waals surface area contributed by atoms with Gasteiger partial charge < -0.3 is 14.6 Å². The van der Waals surface area contributed by atoms with Crippen LogP contribution in [-0.4, -0.2) is 52.7 Å². The van der Waals surface area contributed by atoms with E-state index in [1.165, 1.54) is 0 Å². The van der Waals surface area contributed by atoms with E-state index in [-0.39, 0.29) is 18.6 Å². The summed E-state index contributed by atoms with van der Waals surface area (Å²) in [4.78, 5) is 19.0. The Labute approximate surface area is 179 Å². The number of nitrogens with one attached hydrogen (secondary N) is 1. The summed E-state index contributed by atoms with van der Waals surface area (Å²) in [6, 6.07) is 11.5. The average Bonchev–Trinajstić information content (AvgIpc) is 3.12. The monoisotopic (exact) mass is 432 g/mol. The standard InChI is InChI=1S/C21H22Cl2N4O2/c22-18-4-3-15(10-19(18)23)12-26-8-9-29-17(13-26)11-25-20(28)14-27-7-5-16-2-1-6-24-21(16)27/h1-7,10,17H,8-9,11-14H2,(H,25,28). The molecule has 3 heterocycles. The molecule has 29 heavy (non-hydrogen) atoms. The van der Waals surface area contributed by atoms with Gasteiger partial charge in [0.1, 0.15) is 12.2 Å². The Bertz CT molecular complexity index is 1010. The van der Waals surface area contributed by atoms with E-state index in [1.54, 1.807) is 6.20 Å². The van der Waals surface area contributed by atoms with Crippen LogP contribution in [0.2, 0.25) is 10.0 Å². The lowest BCUT2D eigenvalue weighted by atomic mass is 10.2. The van der Waals surface area contributed by atoms with Crippen molar-refractivity contribution in [2.24, 2.45) is 0 Å². The lowest BCUT2D eigenvalue weighted by Gasteiger charge is -2.33. The molecule has 6 nitrogen and oxygen atoms in total. The first-order chi connectivity index (χ1) is 14.1. The number of carbonyl (C=O) groups is 1. The molecule has 1 amide bonds. The molecule has 1 aliphatic heterocycles. The molecule has 1 unspecified atom stereocenters. The van der Waals surface area contributed by atoms with Gasteiger partial charge in [-0.15, -0.1) is 0 Å². The van der Waals surface area contributed by atoms with Gasteiger partial charge in [0.05, 0.1) is 22.8 Å². The summed E-state index contributed by atoms with van der Waals surface area (Å²) in [5, 5.41) is 5.12. The molecule has 0 radical (unpaired) electrons. The van der Waals surface area contributed by atoms with Crippen molar-refractivity contribution in [3.63, 3.8) is 0 Å². The highest BCUT2D eigenvalue weighted by Crippen LogP contribution is 2.23. The van der Waals surface area contributed by atoms with E-state index in [2.05, 4.69) is 15.2 Å². The average molecular weight is 433 g/mol. The number of pyridine rings is 1. The van der Waals surface area contributed by atoms with E-state index in [0.717, 1.165) is 36.2 Å². The molecule has 1 N–H and O–H groups in total. The van der Waals surface area contributed by atoms with Crippen molar-refractivity contribution in [1.29, 1.82) is 0 Å². The van der Waals surface area contributed by atoms with Crippen LogP contribution in [-0.2, 0) is 22.6 Å². The van der Waals surface area contributed by atoms with Gasteiger partial charge in [-0.2, -0.15) is 0 Å². The first-order valence-electron chi connectivity index (χ1n) is 9.53. The van der Waals surface area contributed by atoms with Gasteiger partial charge in [0.15, 0.2) is 0 Å². The second-order valence-electron chi connectivity index (χ2n) is 7.14. The number of aromatic nitrogens is 2. The highest BCUT2D eigenvalue weighted by Gasteiger charge is 2.21. The van der Waals surface area contributed by atoms with Crippen molar-refractivity contribution >= 4 is 40.1 Å². The summed E-state index contributed by atoms with van der Waals surface area (Å²) < 4.78 is 7.67. The fourth-order valence-corrected chi connectivity index (χ4v) is 3.85. The van der Waals surface area contributed by atoms with Gasteiger partial charge >= 0.3 is 0 Å². The SMILES string of the molecule is O=C(Cn1ccc2cccnc21)NCC1CN(Cc2ccc(Cl)c(Cl)c2)CCO1. The largest absolute Gasteiger partial charge is 0.374 e. The van der Waals surface area contributed by atoms with Gasteiger partial charge in [0.2, 0.25) is 5.91 Å². The molecule has 1 saturated heterocycles. The maximum atomic E-state index is 12.4. The van der Waals surface area contributed by atoms with Crippen molar-refractivity contribution in [2.75, 3.05) is 26.2 Å². The summed E-state index contributed by atoms with van der Waals surface area (Å²) in [5.41, 5.74) is 1.92. The first-order valence-corrected chi connectivity index (χ1v) is 10.3. The van der Waals surface area contributed by atoms with Crippen molar-refractivity contribution in [3.8, 4) is 0 Å². The number of rotatable bonds is 6. The summed E-state index contributed by atoms with van der Waals surface area (Å²) in [6.07, 6.45) is 3.57. The molecular weight excluding hydrogens is 411 g/mol. The van der Waals surface area contributed by atoms with E-state index in [4.69, 9.17) is 27.9 Å². The maximum absolute atomic E-state index is 12.4. The van der Waals surface area contributed by atoms with Crippen LogP contribution in [0, 0.1) is 0 Å². The lowest BCUT2D eigenvalue weighted by Crippen LogP contribution is -2.47. The van der Waals surface area contributed by atoms with Crippen molar-refractivity contribution in [3.05, 3.63) is 64.4 Å². The lowest BCUT2D eigenvalue weighted by molar-refractivity contribution is -0.122. The molecule has 2 aromatic heterocycles. The summed E-state index contributed by atoms with van der Waals surface area (Å²) in [6.45, 7) is 3.70. The number of nitrogens with zero attached hydrogens (tertiary/aromatic N) is 3. The number of benzene rings is 1. The van der Waals surface area contributed by atoms with Crippen LogP contribution >= 0.6 is 23.2 Å². The van der Waals surface area contributed by atoms with Crippen molar-refractivity contribution in [1.82, 2.24) is 19.8 Å². The van der Waals surface area contributed by atoms with E-state index < -0.39 is 0 Å². The molecule has 8 heteroatoms. The number of amides is 1. The number of fused-ring (bicyclic) bond motifs is 1. The Morgan fingerprint density at radius 2 is 2.14 bits per heavy atom. The molecule has 3 aromatic rings. The number of hydrogen-bond acceptors (Lipinski definition) is 4. The van der Waals surface area contributed by atoms with Gasteiger partial charge in [-0.1, -0.05) is 29.3 Å². The Morgan fingerprint density at radius 1 is 1.24 bits per heavy atom. The topological polar surface area (TPSA) is 59.4 Å². The quantitative estimate of drug-likeness (QED) is 0.648. The fraction of sp³-hybridized carbons (Fsp3) is 0.333. The summed E-state index contributed by atoms with van der Waals surface area (Å²) in [7, 11) is 0. The number of carbonyl (C=O) groups excluding carboxylic acids is 1. The Kier molecular flexibility index (Phi) is 6.35. The van der Waals surface area contributed by atoms with Crippen LogP contribution < -0.4 is 5.32 Å². The Morgan fingerprint density at radius 3 is 3.00 bits per heavy atom. The maximum Gasteiger partial charge on any atom is 0.240 e. The molecule has 1 aromatic carbocycles. The number of morpholine rings is 1. The molecular formula is C21H22Cl2N4O2. The summed E-state index contributed by atoms with van der Waals surface area (Å²) in [5.74, 6) is -0.0571. The predicted octanol–water partition coefficient (Wildman–Crippen LogP) is 3.36. The molecule has 1 fully saturated rings. The Balaban J connectivity index is 1.28. The number of ether oxygens (including phenoxy) is 1. The van der Waals surface area contributed by atoms with E-state index in [0.29, 0.717) is 23.2 Å². The predicted molar refractivity (Wildman–Crippen MR) is 114 cm³/mol. The summed E-state index contributed by atoms with van der Waals surface area (Å²) >= 11 is 12.1. The minimum absolute atomic E-state index is 0.0463. The third-order valence-electron chi connectivity index (χ3n) is 4.98. The highest BCUT2D eigenvalue weighted by atomic mass is 35.5. The molecule has 1 atom stereocenters. The third-order valence-corrected chi connectivity index (χ3v) is 5.72. The van der Waals surface area contributed by atoms with E-state index in [9.17, 15) is 4.79 Å². The smallest absolute Gasteiger partial charge is 0.240 e. The number of halogens is 2. The van der Waals surface area contributed by atoms with Crippen LogP contribution in [0.4, 0.5) is 0 Å². The normalized spacial score (nSPS) is 17.5. The van der Waals surface area contributed by atoms with Crippen LogP contribution in [0.1, 0.15) is 5.56 Å². The highest BCUT2D eigenvalue weighted by molar-refractivity contribution is 6.42. The fourth-order valence-electron chi connectivity index (χ4n) is 3.53. The molecule has 0 aliphatic carbocycles. The van der Waals surface area contributed by atoms with E-state index >= 15 is 0 Å². The molecule has 0 spiro atoms. The van der Waals surface area contributed by atoms with Crippen molar-refractivity contribution in [2.45, 2.75) is 19.2 Å². The van der Waals surface area contributed by atoms with Crippen molar-refractivity contribution < 1.29 is 9.53 Å². The van der Waals surface area contributed by atoms with Gasteiger partial charge in [0.25, 0.3) is 0 Å². The van der Waals surface area contributed by atoms with Crippen LogP contribution in [0.25, 0.3) is 11.0 Å². The molecule has 0 bridgehead atoms. The minimum Gasteiger partial charge on any atom is -0.374 e. The van der Waals surface area contributed by atoms with Gasteiger partial charge in [0, 0.05) is 44.0 Å². The van der Waals surface area contributed by atoms with Crippen LogP contribution in [0.15, 0.2) is 48.8 Å². The van der Waals surface area contributed by atoms with Crippen LogP contribution in [0.3, 0.4) is 0 Å². The third kappa shape index (κ3) is 5.08. The zero-order chi connectivity index (χ0) is 20.2. The zero-order valence-electron chi connectivity index (χ0n) is 15.9. The molecule has 0 saturated carbocycles. The van der Waals surface area contributed by atoms with Crippen LogP contribution in [0.5, 0.6) is 0 Å². The minimum atomic E-state index is -0.0571. The molecule has 152 valence electrons. The van der Waals surface area contributed by atoms with E-state index in [1.807, 2.05) is 47.2 Å².